The lowest BCUT2D eigenvalue weighted by atomic mass is 10.0. The summed E-state index contributed by atoms with van der Waals surface area (Å²) in [6.45, 7) is 3.29. The molecule has 88 valence electrons. The first-order valence-electron chi connectivity index (χ1n) is 6.22. The Morgan fingerprint density at radius 3 is 2.65 bits per heavy atom. The van der Waals surface area contributed by atoms with Crippen LogP contribution in [-0.2, 0) is 6.54 Å². The molecule has 3 rings (SSSR count). The second-order valence-electron chi connectivity index (χ2n) is 4.87. The summed E-state index contributed by atoms with van der Waals surface area (Å²) in [7, 11) is 2.22. The second kappa shape index (κ2) is 4.47. The number of rotatable bonds is 3. The highest BCUT2D eigenvalue weighted by Gasteiger charge is 2.21. The third-order valence-electron chi connectivity index (χ3n) is 3.68. The van der Waals surface area contributed by atoms with Gasteiger partial charge in [-0.25, -0.2) is 0 Å². The molecule has 0 radical (unpaired) electrons. The Bertz CT molecular complexity index is 512. The monoisotopic (exact) mass is 226 g/mol. The minimum absolute atomic E-state index is 0.703. The first-order valence-corrected chi connectivity index (χ1v) is 6.22. The molecule has 0 atom stereocenters. The van der Waals surface area contributed by atoms with Crippen molar-refractivity contribution >= 4 is 10.8 Å². The van der Waals surface area contributed by atoms with Crippen molar-refractivity contribution < 1.29 is 0 Å². The van der Waals surface area contributed by atoms with Crippen LogP contribution in [0.3, 0.4) is 0 Å². The summed E-state index contributed by atoms with van der Waals surface area (Å²) in [6.07, 6.45) is 0. The molecule has 1 heterocycles. The van der Waals surface area contributed by atoms with Gasteiger partial charge in [0.05, 0.1) is 0 Å². The maximum Gasteiger partial charge on any atom is 0.0345 e. The minimum atomic E-state index is 0.703. The lowest BCUT2D eigenvalue weighted by molar-refractivity contribution is 0.173. The molecule has 0 aliphatic carbocycles. The summed E-state index contributed by atoms with van der Waals surface area (Å²) < 4.78 is 0. The zero-order valence-corrected chi connectivity index (χ0v) is 10.2. The molecule has 0 saturated carbocycles. The smallest absolute Gasteiger partial charge is 0.0345 e. The van der Waals surface area contributed by atoms with Gasteiger partial charge >= 0.3 is 0 Å². The minimum Gasteiger partial charge on any atom is -0.314 e. The SMILES string of the molecule is CN(Cc1cccc2ccccc12)C1CNC1. The van der Waals surface area contributed by atoms with Crippen molar-refractivity contribution in [2.24, 2.45) is 0 Å². The van der Waals surface area contributed by atoms with Crippen molar-refractivity contribution in [2.75, 3.05) is 20.1 Å². The van der Waals surface area contributed by atoms with E-state index in [1.807, 2.05) is 0 Å². The third-order valence-corrected chi connectivity index (χ3v) is 3.68. The molecule has 17 heavy (non-hydrogen) atoms. The summed E-state index contributed by atoms with van der Waals surface area (Å²) in [5.41, 5.74) is 1.43. The van der Waals surface area contributed by atoms with Gasteiger partial charge in [-0.2, -0.15) is 0 Å². The average Bonchev–Trinajstić information content (AvgIpc) is 2.27. The van der Waals surface area contributed by atoms with E-state index in [0.29, 0.717) is 6.04 Å². The normalized spacial score (nSPS) is 16.4. The molecule has 2 heteroatoms. The first-order chi connectivity index (χ1) is 8.34. The van der Waals surface area contributed by atoms with Crippen LogP contribution in [0.1, 0.15) is 5.56 Å². The molecule has 2 aromatic rings. The van der Waals surface area contributed by atoms with Crippen molar-refractivity contribution in [3.8, 4) is 0 Å². The Labute approximate surface area is 102 Å². The summed E-state index contributed by atoms with van der Waals surface area (Å²) >= 11 is 0. The predicted octanol–water partition coefficient (Wildman–Crippen LogP) is 2.24. The van der Waals surface area contributed by atoms with E-state index >= 15 is 0 Å². The summed E-state index contributed by atoms with van der Waals surface area (Å²) in [4.78, 5) is 2.44. The number of likely N-dealkylation sites (N-methyl/N-ethyl adjacent to an activating group) is 1. The van der Waals surface area contributed by atoms with Gasteiger partial charge in [0, 0.05) is 25.7 Å². The maximum absolute atomic E-state index is 3.32. The van der Waals surface area contributed by atoms with Gasteiger partial charge in [0.15, 0.2) is 0 Å². The molecule has 0 aromatic heterocycles. The van der Waals surface area contributed by atoms with Crippen LogP contribution < -0.4 is 5.32 Å². The highest BCUT2D eigenvalue weighted by Crippen LogP contribution is 2.20. The van der Waals surface area contributed by atoms with Gasteiger partial charge in [-0.1, -0.05) is 42.5 Å². The van der Waals surface area contributed by atoms with E-state index in [4.69, 9.17) is 0 Å². The number of benzene rings is 2. The molecule has 1 aliphatic heterocycles. The van der Waals surface area contributed by atoms with Crippen molar-refractivity contribution in [3.05, 3.63) is 48.0 Å². The highest BCUT2D eigenvalue weighted by atomic mass is 15.2. The average molecular weight is 226 g/mol. The van der Waals surface area contributed by atoms with Crippen molar-refractivity contribution in [3.63, 3.8) is 0 Å². The van der Waals surface area contributed by atoms with Crippen LogP contribution in [0.4, 0.5) is 0 Å². The molecule has 0 unspecified atom stereocenters. The van der Waals surface area contributed by atoms with Crippen molar-refractivity contribution in [2.45, 2.75) is 12.6 Å². The second-order valence-corrected chi connectivity index (χ2v) is 4.87. The predicted molar refractivity (Wildman–Crippen MR) is 72.1 cm³/mol. The fraction of sp³-hybridized carbons (Fsp3) is 0.333. The fourth-order valence-corrected chi connectivity index (χ4v) is 2.41. The van der Waals surface area contributed by atoms with E-state index in [2.05, 4.69) is 59.7 Å². The molecule has 1 aliphatic rings. The fourth-order valence-electron chi connectivity index (χ4n) is 2.41. The molecule has 1 fully saturated rings. The van der Waals surface area contributed by atoms with Gasteiger partial charge in [0.1, 0.15) is 0 Å². The third kappa shape index (κ3) is 2.06. The van der Waals surface area contributed by atoms with Crippen LogP contribution in [0.15, 0.2) is 42.5 Å². The van der Waals surface area contributed by atoms with Crippen LogP contribution in [0, 0.1) is 0 Å². The van der Waals surface area contributed by atoms with E-state index in [1.165, 1.54) is 16.3 Å². The number of nitrogens with zero attached hydrogens (tertiary/aromatic N) is 1. The summed E-state index contributed by atoms with van der Waals surface area (Å²) in [6, 6.07) is 15.9. The molecule has 2 aromatic carbocycles. The Balaban J connectivity index is 1.89. The summed E-state index contributed by atoms with van der Waals surface area (Å²) in [5, 5.41) is 6.04. The van der Waals surface area contributed by atoms with Crippen molar-refractivity contribution in [1.82, 2.24) is 10.2 Å². The molecule has 0 spiro atoms. The lowest BCUT2D eigenvalue weighted by Crippen LogP contribution is -2.55. The van der Waals surface area contributed by atoms with Crippen LogP contribution in [0.2, 0.25) is 0 Å². The van der Waals surface area contributed by atoms with Gasteiger partial charge in [0.25, 0.3) is 0 Å². The van der Waals surface area contributed by atoms with Gasteiger partial charge < -0.3 is 5.32 Å². The van der Waals surface area contributed by atoms with Crippen LogP contribution in [0.5, 0.6) is 0 Å². The van der Waals surface area contributed by atoms with E-state index in [0.717, 1.165) is 19.6 Å². The zero-order chi connectivity index (χ0) is 11.7. The summed E-state index contributed by atoms with van der Waals surface area (Å²) in [5.74, 6) is 0. The van der Waals surface area contributed by atoms with Crippen LogP contribution in [0.25, 0.3) is 10.8 Å². The Kier molecular flexibility index (Phi) is 2.83. The Morgan fingerprint density at radius 2 is 1.88 bits per heavy atom. The molecule has 1 N–H and O–H groups in total. The lowest BCUT2D eigenvalue weighted by Gasteiger charge is -2.35. The molecule has 0 bridgehead atoms. The van der Waals surface area contributed by atoms with E-state index in [1.54, 1.807) is 0 Å². The zero-order valence-electron chi connectivity index (χ0n) is 10.2. The number of fused-ring (bicyclic) bond motifs is 1. The van der Waals surface area contributed by atoms with E-state index in [-0.39, 0.29) is 0 Å². The highest BCUT2D eigenvalue weighted by molar-refractivity contribution is 5.85. The standard InChI is InChI=1S/C15H18N2/c1-17(14-9-16-10-14)11-13-7-4-6-12-5-2-3-8-15(12)13/h2-8,14,16H,9-11H2,1H3. The molecule has 0 amide bonds. The number of nitrogens with one attached hydrogen (secondary N) is 1. The van der Waals surface area contributed by atoms with Crippen molar-refractivity contribution in [1.29, 1.82) is 0 Å². The van der Waals surface area contributed by atoms with Gasteiger partial charge in [-0.3, -0.25) is 4.90 Å². The van der Waals surface area contributed by atoms with Gasteiger partial charge in [0.2, 0.25) is 0 Å². The van der Waals surface area contributed by atoms with Crippen LogP contribution in [-0.4, -0.2) is 31.1 Å². The number of hydrogen-bond donors (Lipinski definition) is 1. The molecule has 2 nitrogen and oxygen atoms in total. The molecular weight excluding hydrogens is 208 g/mol. The quantitative estimate of drug-likeness (QED) is 0.863. The first kappa shape index (κ1) is 10.8. The maximum atomic E-state index is 3.32. The molecular formula is C15H18N2. The Hall–Kier alpha value is -1.38. The number of hydrogen-bond acceptors (Lipinski definition) is 2. The topological polar surface area (TPSA) is 15.3 Å². The van der Waals surface area contributed by atoms with Crippen LogP contribution >= 0.6 is 0 Å². The van der Waals surface area contributed by atoms with E-state index in [9.17, 15) is 0 Å². The molecule has 1 saturated heterocycles. The Morgan fingerprint density at radius 1 is 1.12 bits per heavy atom. The van der Waals surface area contributed by atoms with E-state index < -0.39 is 0 Å². The van der Waals surface area contributed by atoms with Gasteiger partial charge in [-0.15, -0.1) is 0 Å². The largest absolute Gasteiger partial charge is 0.314 e. The van der Waals surface area contributed by atoms with Gasteiger partial charge in [-0.05, 0) is 23.4 Å².